The highest BCUT2D eigenvalue weighted by Crippen LogP contribution is 2.27. The Morgan fingerprint density at radius 2 is 1.75 bits per heavy atom. The molecule has 20 heavy (non-hydrogen) atoms. The first kappa shape index (κ1) is 14.9. The van der Waals surface area contributed by atoms with Crippen LogP contribution in [0.2, 0.25) is 0 Å². The van der Waals surface area contributed by atoms with Gasteiger partial charge in [-0.15, -0.1) is 11.8 Å². The van der Waals surface area contributed by atoms with Gasteiger partial charge < -0.3 is 9.84 Å². The van der Waals surface area contributed by atoms with Crippen LogP contribution in [0.3, 0.4) is 0 Å². The van der Waals surface area contributed by atoms with E-state index in [-0.39, 0.29) is 0 Å². The van der Waals surface area contributed by atoms with Crippen LogP contribution in [0.1, 0.15) is 25.0 Å². The molecule has 0 fully saturated rings. The minimum Gasteiger partial charge on any atom is -0.492 e. The van der Waals surface area contributed by atoms with Crippen molar-refractivity contribution in [1.29, 1.82) is 0 Å². The molecule has 0 spiro atoms. The Balaban J connectivity index is 1.85. The van der Waals surface area contributed by atoms with Crippen molar-refractivity contribution < 1.29 is 9.84 Å². The molecule has 1 N–H and O–H groups in total. The van der Waals surface area contributed by atoms with E-state index in [9.17, 15) is 5.11 Å². The Labute approximate surface area is 124 Å². The number of ether oxygens (including phenoxy) is 1. The minimum absolute atomic E-state index is 0.451. The number of aliphatic hydroxyl groups is 1. The molecule has 0 saturated heterocycles. The average molecular weight is 288 g/mol. The molecule has 0 amide bonds. The molecule has 1 atom stereocenters. The molecule has 0 saturated carbocycles. The van der Waals surface area contributed by atoms with Crippen molar-refractivity contribution in [3.05, 3.63) is 60.2 Å². The van der Waals surface area contributed by atoms with E-state index >= 15 is 0 Å². The highest BCUT2D eigenvalue weighted by Gasteiger charge is 2.10. The minimum atomic E-state index is -0.451. The molecule has 0 aliphatic heterocycles. The Morgan fingerprint density at radius 3 is 2.50 bits per heavy atom. The van der Waals surface area contributed by atoms with Crippen LogP contribution in [-0.2, 0) is 0 Å². The Bertz CT molecular complexity index is 513. The summed E-state index contributed by atoms with van der Waals surface area (Å²) in [5.74, 6) is 1.68. The molecule has 0 aliphatic carbocycles. The lowest BCUT2D eigenvalue weighted by molar-refractivity contribution is 0.168. The fourth-order valence-electron chi connectivity index (χ4n) is 1.94. The molecule has 2 aromatic carbocycles. The van der Waals surface area contributed by atoms with Gasteiger partial charge in [0.2, 0.25) is 0 Å². The Morgan fingerprint density at radius 1 is 1.05 bits per heavy atom. The van der Waals surface area contributed by atoms with Crippen LogP contribution in [0, 0.1) is 0 Å². The van der Waals surface area contributed by atoms with E-state index in [1.54, 1.807) is 11.8 Å². The van der Waals surface area contributed by atoms with Gasteiger partial charge in [-0.2, -0.15) is 0 Å². The van der Waals surface area contributed by atoms with Crippen LogP contribution in [0.4, 0.5) is 0 Å². The highest BCUT2D eigenvalue weighted by molar-refractivity contribution is 7.99. The second kappa shape index (κ2) is 7.98. The number of aliphatic hydroxyl groups excluding tert-OH is 1. The fourth-order valence-corrected chi connectivity index (χ4v) is 2.69. The molecule has 106 valence electrons. The SMILES string of the molecule is CC[C@@H](O)c1ccccc1OCCSc1ccccc1. The van der Waals surface area contributed by atoms with Crippen molar-refractivity contribution in [2.24, 2.45) is 0 Å². The molecule has 2 nitrogen and oxygen atoms in total. The summed E-state index contributed by atoms with van der Waals surface area (Å²) in [7, 11) is 0. The molecular weight excluding hydrogens is 268 g/mol. The van der Waals surface area contributed by atoms with Gasteiger partial charge in [-0.1, -0.05) is 43.3 Å². The molecule has 3 heteroatoms. The topological polar surface area (TPSA) is 29.5 Å². The maximum Gasteiger partial charge on any atom is 0.125 e. The molecule has 0 aliphatic rings. The zero-order chi connectivity index (χ0) is 14.2. The Kier molecular flexibility index (Phi) is 5.96. The van der Waals surface area contributed by atoms with Gasteiger partial charge in [0, 0.05) is 16.2 Å². The van der Waals surface area contributed by atoms with Crippen molar-refractivity contribution >= 4 is 11.8 Å². The van der Waals surface area contributed by atoms with Crippen LogP contribution in [-0.4, -0.2) is 17.5 Å². The van der Waals surface area contributed by atoms with Crippen LogP contribution < -0.4 is 4.74 Å². The average Bonchev–Trinajstić information content (AvgIpc) is 2.52. The van der Waals surface area contributed by atoms with E-state index in [1.807, 2.05) is 49.4 Å². The molecule has 0 aromatic heterocycles. The van der Waals surface area contributed by atoms with E-state index in [4.69, 9.17) is 4.74 Å². The van der Waals surface area contributed by atoms with E-state index in [0.29, 0.717) is 13.0 Å². The van der Waals surface area contributed by atoms with Crippen LogP contribution in [0.25, 0.3) is 0 Å². The van der Waals surface area contributed by atoms with Crippen molar-refractivity contribution in [1.82, 2.24) is 0 Å². The predicted molar refractivity (Wildman–Crippen MR) is 84.4 cm³/mol. The summed E-state index contributed by atoms with van der Waals surface area (Å²) < 4.78 is 5.80. The first-order valence-electron chi connectivity index (χ1n) is 6.89. The van der Waals surface area contributed by atoms with Gasteiger partial charge in [-0.25, -0.2) is 0 Å². The van der Waals surface area contributed by atoms with Crippen LogP contribution >= 0.6 is 11.8 Å². The third kappa shape index (κ3) is 4.29. The van der Waals surface area contributed by atoms with E-state index in [1.165, 1.54) is 4.90 Å². The quantitative estimate of drug-likeness (QED) is 0.608. The first-order chi connectivity index (χ1) is 9.81. The number of para-hydroxylation sites is 1. The maximum atomic E-state index is 9.96. The smallest absolute Gasteiger partial charge is 0.125 e. The second-order valence-electron chi connectivity index (χ2n) is 4.47. The summed E-state index contributed by atoms with van der Waals surface area (Å²) >= 11 is 1.77. The fraction of sp³-hybridized carbons (Fsp3) is 0.294. The zero-order valence-corrected chi connectivity index (χ0v) is 12.5. The van der Waals surface area contributed by atoms with E-state index < -0.39 is 6.10 Å². The van der Waals surface area contributed by atoms with Crippen molar-refractivity contribution in [3.63, 3.8) is 0 Å². The normalized spacial score (nSPS) is 12.1. The Hall–Kier alpha value is -1.45. The summed E-state index contributed by atoms with van der Waals surface area (Å²) in [5, 5.41) is 9.96. The summed E-state index contributed by atoms with van der Waals surface area (Å²) in [6, 6.07) is 18.0. The number of hydrogen-bond donors (Lipinski definition) is 1. The molecule has 2 aromatic rings. The standard InChI is InChI=1S/C17H20O2S/c1-2-16(18)15-10-6-7-11-17(15)19-12-13-20-14-8-4-3-5-9-14/h3-11,16,18H,2,12-13H2,1H3/t16-/m1/s1. The molecular formula is C17H20O2S. The molecule has 2 rings (SSSR count). The molecule has 0 radical (unpaired) electrons. The van der Waals surface area contributed by atoms with Gasteiger partial charge in [-0.05, 0) is 24.6 Å². The summed E-state index contributed by atoms with van der Waals surface area (Å²) in [6.07, 6.45) is 0.243. The molecule has 0 bridgehead atoms. The van der Waals surface area contributed by atoms with Gasteiger partial charge >= 0.3 is 0 Å². The lowest BCUT2D eigenvalue weighted by Gasteiger charge is -2.14. The number of hydrogen-bond acceptors (Lipinski definition) is 3. The highest BCUT2D eigenvalue weighted by atomic mass is 32.2. The van der Waals surface area contributed by atoms with E-state index in [0.717, 1.165) is 17.1 Å². The van der Waals surface area contributed by atoms with Gasteiger partial charge in [0.1, 0.15) is 5.75 Å². The zero-order valence-electron chi connectivity index (χ0n) is 11.7. The van der Waals surface area contributed by atoms with Gasteiger partial charge in [0.15, 0.2) is 0 Å². The number of rotatable bonds is 7. The van der Waals surface area contributed by atoms with Crippen molar-refractivity contribution in [2.75, 3.05) is 12.4 Å². The monoisotopic (exact) mass is 288 g/mol. The number of thioether (sulfide) groups is 1. The van der Waals surface area contributed by atoms with Gasteiger partial charge in [0.05, 0.1) is 12.7 Å². The largest absolute Gasteiger partial charge is 0.492 e. The maximum absolute atomic E-state index is 9.96. The van der Waals surface area contributed by atoms with Gasteiger partial charge in [-0.3, -0.25) is 0 Å². The second-order valence-corrected chi connectivity index (χ2v) is 5.64. The molecule has 0 heterocycles. The lowest BCUT2D eigenvalue weighted by Crippen LogP contribution is -2.05. The summed E-state index contributed by atoms with van der Waals surface area (Å²) in [5.41, 5.74) is 0.875. The number of benzene rings is 2. The van der Waals surface area contributed by atoms with E-state index in [2.05, 4.69) is 12.1 Å². The van der Waals surface area contributed by atoms with Crippen LogP contribution in [0.15, 0.2) is 59.5 Å². The van der Waals surface area contributed by atoms with Crippen molar-refractivity contribution in [2.45, 2.75) is 24.3 Å². The third-order valence-electron chi connectivity index (χ3n) is 3.02. The van der Waals surface area contributed by atoms with Crippen LogP contribution in [0.5, 0.6) is 5.75 Å². The third-order valence-corrected chi connectivity index (χ3v) is 3.99. The predicted octanol–water partition coefficient (Wildman–Crippen LogP) is 4.30. The lowest BCUT2D eigenvalue weighted by atomic mass is 10.1. The van der Waals surface area contributed by atoms with Crippen molar-refractivity contribution in [3.8, 4) is 5.75 Å². The van der Waals surface area contributed by atoms with Gasteiger partial charge in [0.25, 0.3) is 0 Å². The summed E-state index contributed by atoms with van der Waals surface area (Å²) in [4.78, 5) is 1.25. The summed E-state index contributed by atoms with van der Waals surface area (Å²) in [6.45, 7) is 2.60. The first-order valence-corrected chi connectivity index (χ1v) is 7.87. The molecule has 0 unspecified atom stereocenters.